The number of ketones is 1. The highest BCUT2D eigenvalue weighted by atomic mass is 35.5. The molecule has 158 valence electrons. The van der Waals surface area contributed by atoms with Gasteiger partial charge in [-0.15, -0.1) is 0 Å². The summed E-state index contributed by atoms with van der Waals surface area (Å²) < 4.78 is 18.2. The van der Waals surface area contributed by atoms with Crippen LogP contribution < -0.4 is 14.2 Å². The molecule has 0 spiro atoms. The molecule has 0 N–H and O–H groups in total. The molecule has 0 amide bonds. The Labute approximate surface area is 185 Å². The topological polar surface area (TPSA) is 49.7 Å². The van der Waals surface area contributed by atoms with Gasteiger partial charge in [0.1, 0.15) is 0 Å². The average Bonchev–Trinajstić information content (AvgIpc) is 3.15. The maximum absolute atomic E-state index is 13.6. The number of rotatable bonds is 7. The summed E-state index contributed by atoms with van der Waals surface area (Å²) in [6.07, 6.45) is 0. The molecular formula is C25H22ClNO4. The Morgan fingerprint density at radius 3 is 2.16 bits per heavy atom. The van der Waals surface area contributed by atoms with E-state index in [-0.39, 0.29) is 5.78 Å². The highest BCUT2D eigenvalue weighted by Gasteiger charge is 2.22. The normalized spacial score (nSPS) is 10.8. The second-order valence-electron chi connectivity index (χ2n) is 7.05. The van der Waals surface area contributed by atoms with Crippen LogP contribution in [0.25, 0.3) is 10.9 Å². The summed E-state index contributed by atoms with van der Waals surface area (Å²) in [5.74, 6) is 1.15. The number of fused-ring (bicyclic) bond motifs is 1. The van der Waals surface area contributed by atoms with E-state index < -0.39 is 0 Å². The lowest BCUT2D eigenvalue weighted by molar-refractivity contribution is 0.103. The number of carbonyl (C=O) groups excluding carboxylic acids is 1. The van der Waals surface area contributed by atoms with Crippen molar-refractivity contribution in [1.29, 1.82) is 0 Å². The van der Waals surface area contributed by atoms with Crippen molar-refractivity contribution in [3.05, 3.63) is 88.6 Å². The Bertz CT molecular complexity index is 1220. The van der Waals surface area contributed by atoms with Gasteiger partial charge in [-0.25, -0.2) is 0 Å². The number of benzene rings is 3. The summed E-state index contributed by atoms with van der Waals surface area (Å²) in [4.78, 5) is 13.6. The molecular weight excluding hydrogens is 414 g/mol. The first-order valence-electron chi connectivity index (χ1n) is 9.73. The van der Waals surface area contributed by atoms with Crippen LogP contribution >= 0.6 is 11.6 Å². The highest BCUT2D eigenvalue weighted by Crippen LogP contribution is 2.39. The maximum Gasteiger partial charge on any atom is 0.209 e. The van der Waals surface area contributed by atoms with Gasteiger partial charge >= 0.3 is 0 Å². The van der Waals surface area contributed by atoms with Crippen LogP contribution in [0, 0.1) is 0 Å². The van der Waals surface area contributed by atoms with E-state index >= 15 is 0 Å². The Hall–Kier alpha value is -3.44. The van der Waals surface area contributed by atoms with Gasteiger partial charge < -0.3 is 18.8 Å². The van der Waals surface area contributed by atoms with E-state index in [0.717, 1.165) is 16.5 Å². The molecule has 0 radical (unpaired) electrons. The van der Waals surface area contributed by atoms with E-state index in [1.54, 1.807) is 12.1 Å². The molecule has 4 aromatic rings. The molecule has 6 heteroatoms. The van der Waals surface area contributed by atoms with E-state index in [4.69, 9.17) is 25.8 Å². The molecule has 0 fully saturated rings. The number of hydrogen-bond donors (Lipinski definition) is 0. The summed E-state index contributed by atoms with van der Waals surface area (Å²) in [6, 6.07) is 20.8. The summed E-state index contributed by atoms with van der Waals surface area (Å²) >= 11 is 6.27. The van der Waals surface area contributed by atoms with Crippen molar-refractivity contribution in [2.24, 2.45) is 0 Å². The minimum atomic E-state index is -0.150. The number of halogens is 1. The van der Waals surface area contributed by atoms with Crippen LogP contribution in [0.1, 0.15) is 21.6 Å². The fourth-order valence-corrected chi connectivity index (χ4v) is 3.88. The molecule has 3 aromatic carbocycles. The Kier molecular flexibility index (Phi) is 5.87. The SMILES string of the molecule is COc1cc(C(=O)c2cc3ccc(Cl)cc3n2Cc2ccccc2)cc(OC)c1OC. The lowest BCUT2D eigenvalue weighted by atomic mass is 10.1. The van der Waals surface area contributed by atoms with E-state index in [2.05, 4.69) is 0 Å². The van der Waals surface area contributed by atoms with Gasteiger partial charge in [-0.3, -0.25) is 4.79 Å². The van der Waals surface area contributed by atoms with Gasteiger partial charge in [-0.05, 0) is 35.9 Å². The smallest absolute Gasteiger partial charge is 0.209 e. The molecule has 0 aliphatic rings. The van der Waals surface area contributed by atoms with Crippen molar-refractivity contribution in [2.45, 2.75) is 6.54 Å². The van der Waals surface area contributed by atoms with Crippen LogP contribution in [0.4, 0.5) is 0 Å². The third-order valence-electron chi connectivity index (χ3n) is 5.21. The molecule has 4 rings (SSSR count). The molecule has 0 aliphatic carbocycles. The average molecular weight is 436 g/mol. The molecule has 0 saturated heterocycles. The van der Waals surface area contributed by atoms with Gasteiger partial charge in [-0.1, -0.05) is 48.0 Å². The van der Waals surface area contributed by atoms with Gasteiger partial charge in [-0.2, -0.15) is 0 Å². The first-order valence-corrected chi connectivity index (χ1v) is 10.1. The fourth-order valence-electron chi connectivity index (χ4n) is 3.71. The Morgan fingerprint density at radius 2 is 1.55 bits per heavy atom. The highest BCUT2D eigenvalue weighted by molar-refractivity contribution is 6.31. The van der Waals surface area contributed by atoms with Crippen molar-refractivity contribution in [3.63, 3.8) is 0 Å². The predicted octanol–water partition coefficient (Wildman–Crippen LogP) is 5.60. The largest absolute Gasteiger partial charge is 0.493 e. The Balaban J connectivity index is 1.87. The fraction of sp³-hybridized carbons (Fsp3) is 0.160. The zero-order valence-corrected chi connectivity index (χ0v) is 18.3. The molecule has 0 saturated carbocycles. The summed E-state index contributed by atoms with van der Waals surface area (Å²) in [7, 11) is 4.59. The van der Waals surface area contributed by atoms with Crippen molar-refractivity contribution in [1.82, 2.24) is 4.57 Å². The third-order valence-corrected chi connectivity index (χ3v) is 5.44. The lowest BCUT2D eigenvalue weighted by Gasteiger charge is -2.15. The van der Waals surface area contributed by atoms with E-state index in [9.17, 15) is 4.79 Å². The molecule has 0 aliphatic heterocycles. The van der Waals surface area contributed by atoms with Crippen molar-refractivity contribution >= 4 is 28.3 Å². The number of aromatic nitrogens is 1. The van der Waals surface area contributed by atoms with Crippen molar-refractivity contribution < 1.29 is 19.0 Å². The zero-order chi connectivity index (χ0) is 22.0. The Morgan fingerprint density at radius 1 is 0.871 bits per heavy atom. The number of hydrogen-bond acceptors (Lipinski definition) is 4. The minimum absolute atomic E-state index is 0.150. The molecule has 1 aromatic heterocycles. The number of ether oxygens (including phenoxy) is 3. The monoisotopic (exact) mass is 435 g/mol. The van der Waals surface area contributed by atoms with E-state index in [1.165, 1.54) is 21.3 Å². The van der Waals surface area contributed by atoms with E-state index in [1.807, 2.05) is 59.2 Å². The van der Waals surface area contributed by atoms with Crippen molar-refractivity contribution in [3.8, 4) is 17.2 Å². The molecule has 0 unspecified atom stereocenters. The summed E-state index contributed by atoms with van der Waals surface area (Å²) in [5.41, 5.74) is 2.97. The first-order chi connectivity index (χ1) is 15.0. The number of methoxy groups -OCH3 is 3. The second-order valence-corrected chi connectivity index (χ2v) is 7.48. The van der Waals surface area contributed by atoms with Gasteiger partial charge in [0.25, 0.3) is 0 Å². The second kappa shape index (κ2) is 8.74. The lowest BCUT2D eigenvalue weighted by Crippen LogP contribution is -2.12. The van der Waals surface area contributed by atoms with Crippen LogP contribution in [0.5, 0.6) is 17.2 Å². The number of carbonyl (C=O) groups is 1. The molecule has 0 atom stereocenters. The van der Waals surface area contributed by atoms with Gasteiger partial charge in [0, 0.05) is 22.5 Å². The first kappa shape index (κ1) is 20.8. The van der Waals surface area contributed by atoms with Gasteiger partial charge in [0.15, 0.2) is 11.5 Å². The standard InChI is InChI=1S/C25H22ClNO4/c1-29-22-12-18(13-23(30-2)25(22)31-3)24(28)21-11-17-9-10-19(26)14-20(17)27(21)15-16-7-5-4-6-8-16/h4-14H,15H2,1-3H3. The summed E-state index contributed by atoms with van der Waals surface area (Å²) in [6.45, 7) is 0.538. The van der Waals surface area contributed by atoms with Crippen LogP contribution in [-0.2, 0) is 6.54 Å². The van der Waals surface area contributed by atoms with E-state index in [0.29, 0.717) is 40.1 Å². The minimum Gasteiger partial charge on any atom is -0.493 e. The van der Waals surface area contributed by atoms with Crippen molar-refractivity contribution in [2.75, 3.05) is 21.3 Å². The molecule has 1 heterocycles. The molecule has 31 heavy (non-hydrogen) atoms. The van der Waals surface area contributed by atoms with Crippen LogP contribution in [0.3, 0.4) is 0 Å². The summed E-state index contributed by atoms with van der Waals surface area (Å²) in [5, 5.41) is 1.56. The maximum atomic E-state index is 13.6. The molecule has 0 bridgehead atoms. The third kappa shape index (κ3) is 3.97. The predicted molar refractivity (Wildman–Crippen MR) is 122 cm³/mol. The van der Waals surface area contributed by atoms with Crippen LogP contribution in [0.15, 0.2) is 66.7 Å². The number of nitrogens with zero attached hydrogens (tertiary/aromatic N) is 1. The van der Waals surface area contributed by atoms with Gasteiger partial charge in [0.05, 0.1) is 32.5 Å². The zero-order valence-electron chi connectivity index (χ0n) is 17.5. The van der Waals surface area contributed by atoms with Crippen LogP contribution in [-0.4, -0.2) is 31.7 Å². The molecule has 5 nitrogen and oxygen atoms in total. The van der Waals surface area contributed by atoms with Gasteiger partial charge in [0.2, 0.25) is 11.5 Å². The quantitative estimate of drug-likeness (QED) is 0.354. The van der Waals surface area contributed by atoms with Crippen LogP contribution in [0.2, 0.25) is 5.02 Å².